The molecule has 0 spiro atoms. The van der Waals surface area contributed by atoms with Gasteiger partial charge in [-0.3, -0.25) is 0 Å². The molecule has 3 heteroatoms. The third-order valence-corrected chi connectivity index (χ3v) is 3.45. The Hall–Kier alpha value is -1.80. The second-order valence-corrected chi connectivity index (χ2v) is 5.70. The number of hydrogen-bond acceptors (Lipinski definition) is 1. The predicted molar refractivity (Wildman–Crippen MR) is 82.4 cm³/mol. The van der Waals surface area contributed by atoms with Gasteiger partial charge < -0.3 is 5.11 Å². The summed E-state index contributed by atoms with van der Waals surface area (Å²) >= 11 is 6.17. The molecule has 0 atom stereocenters. The van der Waals surface area contributed by atoms with Gasteiger partial charge in [-0.15, -0.1) is 0 Å². The summed E-state index contributed by atoms with van der Waals surface area (Å²) in [5, 5.41) is 9.61. The Morgan fingerprint density at radius 3 is 2.35 bits per heavy atom. The lowest BCUT2D eigenvalue weighted by Crippen LogP contribution is -1.97. The summed E-state index contributed by atoms with van der Waals surface area (Å²) in [6.07, 6.45) is 1.03. The average Bonchev–Trinajstić information content (AvgIpc) is 2.39. The van der Waals surface area contributed by atoms with Crippen LogP contribution in [0.2, 0.25) is 5.02 Å². The van der Waals surface area contributed by atoms with Crippen molar-refractivity contribution in [2.45, 2.75) is 20.3 Å². The van der Waals surface area contributed by atoms with Gasteiger partial charge in [-0.05, 0) is 41.7 Å². The standard InChI is InChI=1S/C17H17ClO2/c1-11(2)9-12-3-5-13(6-4-12)15-10-14(17(19)20)7-8-16(15)18/h3-8,10-11H,9H2,1-2H3,(H,19,20). The van der Waals surface area contributed by atoms with E-state index in [0.29, 0.717) is 10.9 Å². The molecule has 2 aromatic rings. The second-order valence-electron chi connectivity index (χ2n) is 5.29. The lowest BCUT2D eigenvalue weighted by molar-refractivity contribution is 0.0697. The highest BCUT2D eigenvalue weighted by atomic mass is 35.5. The molecule has 0 aliphatic rings. The molecule has 0 radical (unpaired) electrons. The van der Waals surface area contributed by atoms with Gasteiger partial charge in [0.25, 0.3) is 0 Å². The highest BCUT2D eigenvalue weighted by molar-refractivity contribution is 6.33. The zero-order chi connectivity index (χ0) is 14.7. The van der Waals surface area contributed by atoms with Crippen molar-refractivity contribution in [1.82, 2.24) is 0 Å². The van der Waals surface area contributed by atoms with Gasteiger partial charge in [0.05, 0.1) is 5.56 Å². The number of carboxylic acids is 1. The zero-order valence-corrected chi connectivity index (χ0v) is 12.3. The molecule has 2 aromatic carbocycles. The summed E-state index contributed by atoms with van der Waals surface area (Å²) in [4.78, 5) is 11.0. The normalized spacial score (nSPS) is 10.8. The lowest BCUT2D eigenvalue weighted by Gasteiger charge is -2.09. The van der Waals surface area contributed by atoms with E-state index < -0.39 is 5.97 Å². The fourth-order valence-electron chi connectivity index (χ4n) is 2.17. The zero-order valence-electron chi connectivity index (χ0n) is 11.6. The van der Waals surface area contributed by atoms with Crippen LogP contribution in [0.1, 0.15) is 29.8 Å². The molecule has 0 bridgehead atoms. The second kappa shape index (κ2) is 6.10. The monoisotopic (exact) mass is 288 g/mol. The lowest BCUT2D eigenvalue weighted by atomic mass is 9.98. The van der Waals surface area contributed by atoms with Crippen LogP contribution in [0, 0.1) is 5.92 Å². The molecule has 0 aliphatic heterocycles. The van der Waals surface area contributed by atoms with Gasteiger partial charge in [0, 0.05) is 10.6 Å². The first kappa shape index (κ1) is 14.6. The summed E-state index contributed by atoms with van der Waals surface area (Å²) < 4.78 is 0. The van der Waals surface area contributed by atoms with E-state index in [9.17, 15) is 4.79 Å². The average molecular weight is 289 g/mol. The summed E-state index contributed by atoms with van der Waals surface area (Å²) in [5.74, 6) is -0.334. The van der Waals surface area contributed by atoms with Gasteiger partial charge in [-0.1, -0.05) is 49.7 Å². The summed E-state index contributed by atoms with van der Waals surface area (Å²) in [6, 6.07) is 12.9. The highest BCUT2D eigenvalue weighted by Crippen LogP contribution is 2.29. The molecular formula is C17H17ClO2. The minimum atomic E-state index is -0.945. The van der Waals surface area contributed by atoms with Crippen molar-refractivity contribution in [1.29, 1.82) is 0 Å². The van der Waals surface area contributed by atoms with Crippen LogP contribution in [0.25, 0.3) is 11.1 Å². The van der Waals surface area contributed by atoms with E-state index in [2.05, 4.69) is 26.0 Å². The van der Waals surface area contributed by atoms with E-state index in [4.69, 9.17) is 16.7 Å². The fraction of sp³-hybridized carbons (Fsp3) is 0.235. The maximum Gasteiger partial charge on any atom is 0.335 e. The van der Waals surface area contributed by atoms with Crippen molar-refractivity contribution in [2.75, 3.05) is 0 Å². The van der Waals surface area contributed by atoms with E-state index in [0.717, 1.165) is 17.5 Å². The number of halogens is 1. The summed E-state index contributed by atoms with van der Waals surface area (Å²) in [6.45, 7) is 4.36. The van der Waals surface area contributed by atoms with Crippen LogP contribution in [-0.2, 0) is 6.42 Å². The van der Waals surface area contributed by atoms with Gasteiger partial charge in [0.15, 0.2) is 0 Å². The van der Waals surface area contributed by atoms with Crippen LogP contribution in [-0.4, -0.2) is 11.1 Å². The van der Waals surface area contributed by atoms with Crippen molar-refractivity contribution < 1.29 is 9.90 Å². The molecule has 1 N–H and O–H groups in total. The van der Waals surface area contributed by atoms with Crippen LogP contribution < -0.4 is 0 Å². The molecule has 0 saturated heterocycles. The highest BCUT2D eigenvalue weighted by Gasteiger charge is 2.09. The van der Waals surface area contributed by atoms with Crippen LogP contribution in [0.3, 0.4) is 0 Å². The van der Waals surface area contributed by atoms with E-state index >= 15 is 0 Å². The van der Waals surface area contributed by atoms with E-state index in [1.165, 1.54) is 11.6 Å². The summed E-state index contributed by atoms with van der Waals surface area (Å²) in [7, 11) is 0. The third kappa shape index (κ3) is 3.40. The molecular weight excluding hydrogens is 272 g/mol. The van der Waals surface area contributed by atoms with E-state index in [1.54, 1.807) is 12.1 Å². The molecule has 0 amide bonds. The van der Waals surface area contributed by atoms with Gasteiger partial charge in [-0.25, -0.2) is 4.79 Å². The van der Waals surface area contributed by atoms with Gasteiger partial charge in [-0.2, -0.15) is 0 Å². The number of rotatable bonds is 4. The minimum absolute atomic E-state index is 0.246. The molecule has 0 unspecified atom stereocenters. The number of hydrogen-bond donors (Lipinski definition) is 1. The largest absolute Gasteiger partial charge is 0.478 e. The van der Waals surface area contributed by atoms with Crippen molar-refractivity contribution in [2.24, 2.45) is 5.92 Å². The Bertz CT molecular complexity index is 615. The SMILES string of the molecule is CC(C)Cc1ccc(-c2cc(C(=O)O)ccc2Cl)cc1. The van der Waals surface area contributed by atoms with Crippen molar-refractivity contribution in [3.8, 4) is 11.1 Å². The van der Waals surface area contributed by atoms with Gasteiger partial charge in [0.1, 0.15) is 0 Å². The Labute approximate surface area is 124 Å². The molecule has 0 heterocycles. The molecule has 0 aromatic heterocycles. The molecule has 20 heavy (non-hydrogen) atoms. The van der Waals surface area contributed by atoms with Crippen molar-refractivity contribution >= 4 is 17.6 Å². The molecule has 104 valence electrons. The minimum Gasteiger partial charge on any atom is -0.478 e. The first-order valence-corrected chi connectivity index (χ1v) is 6.97. The topological polar surface area (TPSA) is 37.3 Å². The van der Waals surface area contributed by atoms with Crippen molar-refractivity contribution in [3.63, 3.8) is 0 Å². The molecule has 2 nitrogen and oxygen atoms in total. The van der Waals surface area contributed by atoms with Gasteiger partial charge >= 0.3 is 5.97 Å². The maximum atomic E-state index is 11.0. The Morgan fingerprint density at radius 2 is 1.80 bits per heavy atom. The quantitative estimate of drug-likeness (QED) is 0.868. The molecule has 0 fully saturated rings. The number of benzene rings is 2. The van der Waals surface area contributed by atoms with Crippen LogP contribution >= 0.6 is 11.6 Å². The van der Waals surface area contributed by atoms with Crippen molar-refractivity contribution in [3.05, 3.63) is 58.6 Å². The van der Waals surface area contributed by atoms with E-state index in [-0.39, 0.29) is 5.56 Å². The predicted octanol–water partition coefficient (Wildman–Crippen LogP) is 4.90. The van der Waals surface area contributed by atoms with Gasteiger partial charge in [0.2, 0.25) is 0 Å². The smallest absolute Gasteiger partial charge is 0.335 e. The number of aromatic carboxylic acids is 1. The Morgan fingerprint density at radius 1 is 1.15 bits per heavy atom. The Kier molecular flexibility index (Phi) is 4.46. The first-order chi connectivity index (χ1) is 9.47. The molecule has 2 rings (SSSR count). The van der Waals surface area contributed by atoms with E-state index in [1.807, 2.05) is 12.1 Å². The van der Waals surface area contributed by atoms with Crippen LogP contribution in [0.15, 0.2) is 42.5 Å². The molecule has 0 saturated carbocycles. The first-order valence-electron chi connectivity index (χ1n) is 6.59. The number of carboxylic acid groups (broad SMARTS) is 1. The van der Waals surface area contributed by atoms with Crippen LogP contribution in [0.5, 0.6) is 0 Å². The maximum absolute atomic E-state index is 11.0. The third-order valence-electron chi connectivity index (χ3n) is 3.12. The summed E-state index contributed by atoms with van der Waals surface area (Å²) in [5.41, 5.74) is 3.21. The van der Waals surface area contributed by atoms with Crippen LogP contribution in [0.4, 0.5) is 0 Å². The number of carbonyl (C=O) groups is 1. The Balaban J connectivity index is 2.36. The molecule has 0 aliphatic carbocycles. The fourth-order valence-corrected chi connectivity index (χ4v) is 2.40.